The molecule has 2 aliphatic rings. The number of rotatable bonds is 0. The molecule has 0 saturated heterocycles. The fourth-order valence-corrected chi connectivity index (χ4v) is 4.49. The Labute approximate surface area is 193 Å². The minimum atomic E-state index is -0.620. The molecule has 0 unspecified atom stereocenters. The van der Waals surface area contributed by atoms with E-state index in [0.717, 1.165) is 9.86 Å². The van der Waals surface area contributed by atoms with E-state index in [0.29, 0.717) is 43.4 Å². The molecular formula is C24H10BrClO6. The Morgan fingerprint density at radius 2 is 1.00 bits per heavy atom. The molecule has 0 N–H and O–H groups in total. The van der Waals surface area contributed by atoms with E-state index in [9.17, 15) is 19.2 Å². The fourth-order valence-electron chi connectivity index (χ4n) is 3.81. The third-order valence-corrected chi connectivity index (χ3v) is 6.25. The van der Waals surface area contributed by atoms with Gasteiger partial charge in [0.25, 0.3) is 0 Å². The lowest BCUT2D eigenvalue weighted by molar-refractivity contribution is 0.0373. The maximum absolute atomic E-state index is 11.5. The second-order valence-corrected chi connectivity index (χ2v) is 8.26. The van der Waals surface area contributed by atoms with Crippen LogP contribution in [0.3, 0.4) is 0 Å². The maximum atomic E-state index is 11.5. The SMILES string of the molecule is O=C1OC(=O)c2ccc(Br)c3cccc1c23.O=C1OC(=O)c2ccc(Cl)c3cccc1c23. The molecule has 0 fully saturated rings. The second-order valence-electron chi connectivity index (χ2n) is 7.00. The summed E-state index contributed by atoms with van der Waals surface area (Å²) in [4.78, 5) is 46.1. The molecule has 156 valence electrons. The van der Waals surface area contributed by atoms with Crippen molar-refractivity contribution in [1.29, 1.82) is 0 Å². The molecule has 0 aliphatic carbocycles. The zero-order valence-corrected chi connectivity index (χ0v) is 18.3. The van der Waals surface area contributed by atoms with Crippen molar-refractivity contribution < 1.29 is 28.7 Å². The van der Waals surface area contributed by atoms with Crippen LogP contribution in [0.5, 0.6) is 0 Å². The molecule has 2 aliphatic heterocycles. The maximum Gasteiger partial charge on any atom is 0.346 e. The lowest BCUT2D eigenvalue weighted by atomic mass is 9.97. The number of hydrogen-bond donors (Lipinski definition) is 0. The molecule has 0 bridgehead atoms. The Kier molecular flexibility index (Phi) is 4.80. The average molecular weight is 510 g/mol. The smallest absolute Gasteiger partial charge is 0.346 e. The highest BCUT2D eigenvalue weighted by atomic mass is 79.9. The molecule has 0 saturated carbocycles. The Balaban J connectivity index is 0.000000135. The van der Waals surface area contributed by atoms with Gasteiger partial charge >= 0.3 is 23.9 Å². The minimum Gasteiger partial charge on any atom is -0.386 e. The normalized spacial score (nSPS) is 14.1. The first-order valence-electron chi connectivity index (χ1n) is 9.32. The van der Waals surface area contributed by atoms with Crippen LogP contribution >= 0.6 is 27.5 Å². The number of hydrogen-bond acceptors (Lipinski definition) is 6. The number of ether oxygens (including phenoxy) is 2. The summed E-state index contributed by atoms with van der Waals surface area (Å²) in [6.07, 6.45) is 0. The van der Waals surface area contributed by atoms with E-state index in [1.54, 1.807) is 54.6 Å². The van der Waals surface area contributed by atoms with Gasteiger partial charge in [-0.25, -0.2) is 19.2 Å². The van der Waals surface area contributed by atoms with E-state index in [4.69, 9.17) is 11.6 Å². The van der Waals surface area contributed by atoms with Gasteiger partial charge in [0.05, 0.1) is 22.3 Å². The van der Waals surface area contributed by atoms with Crippen molar-refractivity contribution in [1.82, 2.24) is 0 Å². The van der Waals surface area contributed by atoms with Crippen molar-refractivity contribution >= 4 is 73.0 Å². The van der Waals surface area contributed by atoms with E-state index in [-0.39, 0.29) is 0 Å². The number of carbonyl (C=O) groups is 4. The van der Waals surface area contributed by atoms with Crippen molar-refractivity contribution in [2.75, 3.05) is 0 Å². The van der Waals surface area contributed by atoms with Crippen LogP contribution in [0.4, 0.5) is 0 Å². The van der Waals surface area contributed by atoms with Gasteiger partial charge < -0.3 is 9.47 Å². The van der Waals surface area contributed by atoms with Gasteiger partial charge in [0, 0.05) is 25.7 Å². The van der Waals surface area contributed by atoms with Gasteiger partial charge in [-0.2, -0.15) is 0 Å². The number of carbonyl (C=O) groups excluding carboxylic acids is 4. The molecule has 0 radical (unpaired) electrons. The van der Waals surface area contributed by atoms with Gasteiger partial charge in [-0.1, -0.05) is 51.8 Å². The fraction of sp³-hybridized carbons (Fsp3) is 0. The molecule has 32 heavy (non-hydrogen) atoms. The molecule has 4 aromatic rings. The summed E-state index contributed by atoms with van der Waals surface area (Å²) in [5.41, 5.74) is 1.64. The predicted octanol–water partition coefficient (Wildman–Crippen LogP) is 5.72. The summed E-state index contributed by atoms with van der Waals surface area (Å²) in [6.45, 7) is 0. The highest BCUT2D eigenvalue weighted by molar-refractivity contribution is 9.10. The molecule has 0 atom stereocenters. The second kappa shape index (κ2) is 7.55. The van der Waals surface area contributed by atoms with Gasteiger partial charge in [-0.3, -0.25) is 0 Å². The number of halogens is 2. The molecule has 4 aromatic carbocycles. The highest BCUT2D eigenvalue weighted by Gasteiger charge is 2.28. The van der Waals surface area contributed by atoms with Crippen LogP contribution in [0.15, 0.2) is 65.1 Å². The Hall–Kier alpha value is -3.55. The van der Waals surface area contributed by atoms with Crippen LogP contribution in [0.1, 0.15) is 41.4 Å². The molecule has 0 amide bonds. The lowest BCUT2D eigenvalue weighted by Gasteiger charge is -2.15. The summed E-state index contributed by atoms with van der Waals surface area (Å²) in [7, 11) is 0. The molecular weight excluding hydrogens is 500 g/mol. The zero-order chi connectivity index (χ0) is 22.6. The molecule has 2 heterocycles. The Bertz CT molecular complexity index is 1370. The van der Waals surface area contributed by atoms with Gasteiger partial charge in [0.15, 0.2) is 0 Å². The summed E-state index contributed by atoms with van der Waals surface area (Å²) in [5.74, 6) is -2.40. The standard InChI is InChI=1S/C12H5BrO3.C12H5ClO3/c2*13-9-5-4-8-10-6(9)2-1-3-7(10)11(14)16-12(8)15/h2*1-5H. The number of benzene rings is 4. The van der Waals surface area contributed by atoms with Crippen molar-refractivity contribution in [3.05, 3.63) is 92.4 Å². The van der Waals surface area contributed by atoms with Crippen molar-refractivity contribution in [2.24, 2.45) is 0 Å². The summed E-state index contributed by atoms with van der Waals surface area (Å²) in [5, 5.41) is 3.30. The largest absolute Gasteiger partial charge is 0.386 e. The topological polar surface area (TPSA) is 86.7 Å². The molecule has 0 spiro atoms. The average Bonchev–Trinajstić information content (AvgIpc) is 2.78. The quantitative estimate of drug-likeness (QED) is 0.223. The van der Waals surface area contributed by atoms with Crippen LogP contribution in [0, 0.1) is 0 Å². The van der Waals surface area contributed by atoms with E-state index in [1.807, 2.05) is 6.07 Å². The molecule has 8 heteroatoms. The Morgan fingerprint density at radius 3 is 1.56 bits per heavy atom. The van der Waals surface area contributed by atoms with Crippen LogP contribution in [-0.2, 0) is 9.47 Å². The van der Waals surface area contributed by atoms with Gasteiger partial charge in [-0.05, 0) is 41.8 Å². The summed E-state index contributed by atoms with van der Waals surface area (Å²) < 4.78 is 10.1. The highest BCUT2D eigenvalue weighted by Crippen LogP contribution is 2.34. The van der Waals surface area contributed by atoms with Crippen molar-refractivity contribution in [3.63, 3.8) is 0 Å². The van der Waals surface area contributed by atoms with Crippen LogP contribution in [-0.4, -0.2) is 23.9 Å². The van der Waals surface area contributed by atoms with Crippen LogP contribution < -0.4 is 0 Å². The number of esters is 4. The Morgan fingerprint density at radius 1 is 0.562 bits per heavy atom. The van der Waals surface area contributed by atoms with E-state index >= 15 is 0 Å². The predicted molar refractivity (Wildman–Crippen MR) is 120 cm³/mol. The minimum absolute atomic E-state index is 0.384. The summed E-state index contributed by atoms with van der Waals surface area (Å²) in [6, 6.07) is 17.0. The van der Waals surface area contributed by atoms with Gasteiger partial charge in [-0.15, -0.1) is 0 Å². The van der Waals surface area contributed by atoms with Crippen molar-refractivity contribution in [2.45, 2.75) is 0 Å². The van der Waals surface area contributed by atoms with E-state index < -0.39 is 23.9 Å². The van der Waals surface area contributed by atoms with Crippen LogP contribution in [0.2, 0.25) is 5.02 Å². The molecule has 6 rings (SSSR count). The first-order valence-corrected chi connectivity index (χ1v) is 10.5. The molecule has 6 nitrogen and oxygen atoms in total. The zero-order valence-electron chi connectivity index (χ0n) is 16.0. The third kappa shape index (κ3) is 3.09. The third-order valence-electron chi connectivity index (χ3n) is 5.23. The van der Waals surface area contributed by atoms with E-state index in [2.05, 4.69) is 25.4 Å². The van der Waals surface area contributed by atoms with E-state index in [1.165, 1.54) is 0 Å². The van der Waals surface area contributed by atoms with Crippen molar-refractivity contribution in [3.8, 4) is 0 Å². The van der Waals surface area contributed by atoms with Gasteiger partial charge in [0.2, 0.25) is 0 Å². The monoisotopic (exact) mass is 508 g/mol. The lowest BCUT2D eigenvalue weighted by Crippen LogP contribution is -2.19. The first-order chi connectivity index (χ1) is 15.4. The first kappa shape index (κ1) is 20.4. The number of cyclic esters (lactones) is 4. The molecule has 0 aromatic heterocycles. The van der Waals surface area contributed by atoms with Gasteiger partial charge in [0.1, 0.15) is 0 Å². The van der Waals surface area contributed by atoms with Crippen LogP contribution in [0.25, 0.3) is 21.5 Å². The summed E-state index contributed by atoms with van der Waals surface area (Å²) >= 11 is 9.41.